The number of aliphatic hydroxyl groups is 12. The standard InChI is InChI=1S/C84H154N2O37P2/c1-5-9-13-17-21-25-29-33-37-41-55(89)45-65(96)85-69-77(117-67(98)47-57(91)43-39-35-31-27-23-19-15-11-7-3)73(102)63(115-80(69)123-125(110,111)112)53-113-79-70(86-66(97)46-56(90)42-38-34-30-26-22-18-14-10-6-2)78(118-68(99)48-58(92)44-40-36-32-28-24-20-16-12-8-4)76(122-124(107,108)109)64(116-79)54-114-83(81(103)104)50-62(72(101)75(120-83)61(95)52-88)119-84(82(105)106)49-59(93)71(100)74(121-84)60(94)51-87/h55-64,69-80,87-95,100-102H,5-54H2,1-4H3,(H,85,96)(H,86,97)(H,103,104)(H,105,106)(H2,107,108,109)(H2,110,111,112)/p-6/t55-,56-,57-,58-,59-,60-,61-,62-,63-,64-,69-,70-,71-,72-,73-,74-,75-,76-,77-,78-,79-,80-,83-,84-/m1/s1. The third-order valence-electron chi connectivity index (χ3n) is 23.3. The van der Waals surface area contributed by atoms with Crippen LogP contribution in [0.4, 0.5) is 0 Å². The molecular weight excluding hydrogens is 1690 g/mol. The molecule has 4 rings (SSSR count). The molecule has 0 bridgehead atoms. The van der Waals surface area contributed by atoms with Crippen LogP contribution in [-0.2, 0) is 89.6 Å². The molecule has 0 aromatic heterocycles. The van der Waals surface area contributed by atoms with Gasteiger partial charge in [-0.1, -0.05) is 259 Å². The van der Waals surface area contributed by atoms with Crippen LogP contribution in [0.3, 0.4) is 0 Å². The highest BCUT2D eigenvalue weighted by molar-refractivity contribution is 7.43. The first-order valence-corrected chi connectivity index (χ1v) is 48.8. The van der Waals surface area contributed by atoms with Crippen molar-refractivity contribution in [2.45, 2.75) is 469 Å². The van der Waals surface area contributed by atoms with Crippen LogP contribution in [0.1, 0.15) is 323 Å². The van der Waals surface area contributed by atoms with Crippen LogP contribution >= 0.6 is 15.6 Å². The van der Waals surface area contributed by atoms with Gasteiger partial charge in [0.2, 0.25) is 23.4 Å². The molecule has 0 unspecified atom stereocenters. The van der Waals surface area contributed by atoms with Crippen molar-refractivity contribution in [3.05, 3.63) is 0 Å². The number of amides is 2. The number of aliphatic hydroxyl groups excluding tert-OH is 12. The summed E-state index contributed by atoms with van der Waals surface area (Å²) in [7, 11) is -13.0. The minimum atomic E-state index is -6.63. The molecule has 0 aliphatic carbocycles. The Kier molecular flexibility index (Phi) is 55.6. The normalized spacial score (nSPS) is 28.3. The number of hydrogen-bond donors (Lipinski definition) is 14. The van der Waals surface area contributed by atoms with Gasteiger partial charge in [0.1, 0.15) is 85.1 Å². The van der Waals surface area contributed by atoms with Gasteiger partial charge in [-0.15, -0.1) is 0 Å². The number of phosphoric acid groups is 2. The molecule has 14 N–H and O–H groups in total. The van der Waals surface area contributed by atoms with Gasteiger partial charge < -0.3 is 172 Å². The Hall–Kier alpha value is -3.72. The first-order valence-electron chi connectivity index (χ1n) is 45.8. The first-order chi connectivity index (χ1) is 59.4. The Morgan fingerprint density at radius 2 is 0.760 bits per heavy atom. The van der Waals surface area contributed by atoms with Crippen LogP contribution in [0.2, 0.25) is 0 Å². The highest BCUT2D eigenvalue weighted by Crippen LogP contribution is 2.43. The van der Waals surface area contributed by atoms with E-state index in [0.717, 1.165) is 180 Å². The molecule has 0 aromatic carbocycles. The predicted molar refractivity (Wildman–Crippen MR) is 433 cm³/mol. The summed E-state index contributed by atoms with van der Waals surface area (Å²) < 4.78 is 89.0. The summed E-state index contributed by atoms with van der Waals surface area (Å²) in [6, 6.07) is -4.53. The van der Waals surface area contributed by atoms with E-state index < -0.39 is 262 Å². The van der Waals surface area contributed by atoms with Gasteiger partial charge >= 0.3 is 11.9 Å². The smallest absolute Gasteiger partial charge is 0.308 e. The number of ether oxygens (including phenoxy) is 9. The molecule has 41 heteroatoms. The van der Waals surface area contributed by atoms with Gasteiger partial charge in [0.25, 0.3) is 0 Å². The maximum absolute atomic E-state index is 14.7. The molecule has 24 atom stereocenters. The van der Waals surface area contributed by atoms with E-state index in [-0.39, 0.29) is 25.7 Å². The first kappa shape index (κ1) is 114. The number of carbonyl (C=O) groups is 6. The lowest BCUT2D eigenvalue weighted by Gasteiger charge is -2.53. The van der Waals surface area contributed by atoms with Crippen molar-refractivity contribution in [2.75, 3.05) is 26.4 Å². The molecule has 0 radical (unpaired) electrons. The second kappa shape index (κ2) is 61.2. The molecule has 2 amide bonds. The number of carbonyl (C=O) groups excluding carboxylic acids is 6. The number of phosphoric ester groups is 2. The molecule has 4 aliphatic rings. The third-order valence-corrected chi connectivity index (χ3v) is 24.2. The van der Waals surface area contributed by atoms with E-state index in [0.29, 0.717) is 51.4 Å². The molecule has 0 aromatic rings. The van der Waals surface area contributed by atoms with Crippen molar-refractivity contribution in [3.8, 4) is 0 Å². The molecule has 0 spiro atoms. The average molecular weight is 1840 g/mol. The highest BCUT2D eigenvalue weighted by Gasteiger charge is 2.60. The largest absolute Gasteiger partial charge is 0.790 e. The Balaban J connectivity index is 1.93. The molecule has 732 valence electrons. The predicted octanol–water partition coefficient (Wildman–Crippen LogP) is 1.01. The minimum absolute atomic E-state index is 0.00646. The van der Waals surface area contributed by atoms with E-state index in [4.69, 9.17) is 51.7 Å². The quantitative estimate of drug-likeness (QED) is 0.0230. The van der Waals surface area contributed by atoms with Crippen LogP contribution in [0.15, 0.2) is 0 Å². The summed E-state index contributed by atoms with van der Waals surface area (Å²) in [5.74, 6) is -17.2. The molecule has 39 nitrogen and oxygen atoms in total. The van der Waals surface area contributed by atoms with Crippen molar-refractivity contribution < 1.29 is 181 Å². The lowest BCUT2D eigenvalue weighted by Crippen LogP contribution is -2.71. The summed E-state index contributed by atoms with van der Waals surface area (Å²) in [6.07, 6.45) is -18.8. The van der Waals surface area contributed by atoms with E-state index in [1.807, 2.05) is 0 Å². The molecular formula is C84H148N2O37P2-6. The number of hydrogen-bond acceptors (Lipinski definition) is 37. The maximum atomic E-state index is 14.7. The number of esters is 2. The van der Waals surface area contributed by atoms with Crippen molar-refractivity contribution in [2.24, 2.45) is 0 Å². The van der Waals surface area contributed by atoms with E-state index >= 15 is 0 Å². The Morgan fingerprint density at radius 1 is 0.416 bits per heavy atom. The lowest BCUT2D eigenvalue weighted by atomic mass is 9.90. The number of nitrogens with one attached hydrogen (secondary N) is 2. The van der Waals surface area contributed by atoms with Crippen molar-refractivity contribution >= 4 is 51.3 Å². The lowest BCUT2D eigenvalue weighted by molar-refractivity contribution is -0.420. The molecule has 125 heavy (non-hydrogen) atoms. The Labute approximate surface area is 735 Å². The zero-order valence-electron chi connectivity index (χ0n) is 73.5. The van der Waals surface area contributed by atoms with Crippen molar-refractivity contribution in [1.82, 2.24) is 10.6 Å². The van der Waals surface area contributed by atoms with Crippen molar-refractivity contribution in [3.63, 3.8) is 0 Å². The fourth-order valence-electron chi connectivity index (χ4n) is 16.2. The fraction of sp³-hybridized carbons (Fsp3) is 0.929. The second-order valence-electron chi connectivity index (χ2n) is 34.1. The summed E-state index contributed by atoms with van der Waals surface area (Å²) in [4.78, 5) is 137. The Bertz CT molecular complexity index is 3090. The van der Waals surface area contributed by atoms with E-state index in [1.165, 1.54) is 0 Å². The zero-order chi connectivity index (χ0) is 92.7. The molecule has 4 saturated heterocycles. The highest BCUT2D eigenvalue weighted by atomic mass is 31.2. The van der Waals surface area contributed by atoms with Gasteiger partial charge in [-0.05, 0) is 25.7 Å². The summed E-state index contributed by atoms with van der Waals surface area (Å²) in [5, 5.41) is 165. The number of rotatable bonds is 70. The Morgan fingerprint density at radius 3 is 1.14 bits per heavy atom. The van der Waals surface area contributed by atoms with Crippen LogP contribution in [0, 0.1) is 0 Å². The van der Waals surface area contributed by atoms with Crippen LogP contribution in [0.25, 0.3) is 0 Å². The second-order valence-corrected chi connectivity index (χ2v) is 36.4. The maximum Gasteiger partial charge on any atom is 0.308 e. The molecule has 4 fully saturated rings. The summed E-state index contributed by atoms with van der Waals surface area (Å²) in [5.41, 5.74) is 0. The molecule has 4 aliphatic heterocycles. The van der Waals surface area contributed by atoms with Gasteiger partial charge in [0.15, 0.2) is 24.8 Å². The van der Waals surface area contributed by atoms with Gasteiger partial charge in [0.05, 0.1) is 104 Å². The summed E-state index contributed by atoms with van der Waals surface area (Å²) >= 11 is 0. The summed E-state index contributed by atoms with van der Waals surface area (Å²) in [6.45, 7) is 2.68. The number of carboxylic acid groups (broad SMARTS) is 2. The van der Waals surface area contributed by atoms with E-state index in [9.17, 15) is 129 Å². The third kappa shape index (κ3) is 42.8. The van der Waals surface area contributed by atoms with E-state index in [1.54, 1.807) is 0 Å². The van der Waals surface area contributed by atoms with Gasteiger partial charge in [-0.25, -0.2) is 0 Å². The van der Waals surface area contributed by atoms with Crippen LogP contribution in [0.5, 0.6) is 0 Å². The fourth-order valence-corrected chi connectivity index (χ4v) is 17.2. The molecule has 4 heterocycles. The van der Waals surface area contributed by atoms with Crippen LogP contribution < -0.4 is 40.4 Å². The number of unbranched alkanes of at least 4 members (excludes halogenated alkanes) is 32. The van der Waals surface area contributed by atoms with Gasteiger partial charge in [-0.2, -0.15) is 0 Å². The average Bonchev–Trinajstić information content (AvgIpc) is 0.751. The zero-order valence-corrected chi connectivity index (χ0v) is 75.3. The minimum Gasteiger partial charge on any atom is -0.790 e. The van der Waals surface area contributed by atoms with Gasteiger partial charge in [-0.3, -0.25) is 19.2 Å². The monoisotopic (exact) mass is 1840 g/mol. The van der Waals surface area contributed by atoms with Gasteiger partial charge in [0, 0.05) is 12.8 Å². The van der Waals surface area contributed by atoms with E-state index in [2.05, 4.69) is 38.3 Å². The van der Waals surface area contributed by atoms with Crippen molar-refractivity contribution in [1.29, 1.82) is 0 Å². The number of carboxylic acids is 2. The van der Waals surface area contributed by atoms with Crippen LogP contribution in [-0.4, -0.2) is 270 Å². The topological polar surface area (TPSA) is 643 Å². The number of aliphatic carboxylic acids is 2. The SMILES string of the molecule is CCCCCCCCCCC[C@@H](O)CC(=O)N[C@H]1[C@H](OC[C@H]2O[C@H](OP(=O)([O-])[O-])[C@H](NC(=O)C[C@H](O)CCCCCCCCCCC)[C@@H](OC(=O)C[C@H](O)CCCCCCCCCCC)[C@@H]2O)O[C@H](CO[C@]2(C(=O)[O-])C[C@@H](O[C@]3(C(=O)[O-])C[C@@H](O)[C@@H](O)[C@@H]([C@H](O)CO)O3)[C@@H](O)[C@@H]([C@H](O)CO)O2)[C@@H](OP(=O)([O-])[O-])[C@@H]1OC(=O)C[C@H](O)CCCCCCCCCCC. The molecule has 0 saturated carbocycles.